The number of fused-ring (bicyclic) bond motifs is 1. The van der Waals surface area contributed by atoms with Gasteiger partial charge < -0.3 is 14.8 Å². The summed E-state index contributed by atoms with van der Waals surface area (Å²) in [6.45, 7) is 6.15. The molecule has 2 aliphatic rings. The van der Waals surface area contributed by atoms with E-state index in [2.05, 4.69) is 12.2 Å². The Balaban J connectivity index is 0.000000355. The zero-order chi connectivity index (χ0) is 17.4. The highest BCUT2D eigenvalue weighted by atomic mass is 16.5. The number of ether oxygens (including phenoxy) is 1. The number of hydrogen-bond acceptors (Lipinski definition) is 4. The Bertz CT molecular complexity index is 544. The maximum Gasteiger partial charge on any atom is 0.173 e. The average Bonchev–Trinajstić information content (AvgIpc) is 3.14. The Morgan fingerprint density at radius 2 is 1.92 bits per heavy atom. The number of hydrogen-bond donors (Lipinski definition) is 1. The summed E-state index contributed by atoms with van der Waals surface area (Å²) in [7, 11) is 0. The molecule has 0 aliphatic carbocycles. The zero-order valence-corrected chi connectivity index (χ0v) is 14.8. The molecule has 0 radical (unpaired) electrons. The third-order valence-electron chi connectivity index (χ3n) is 4.55. The van der Waals surface area contributed by atoms with Crippen LogP contribution in [0, 0.1) is 5.92 Å². The monoisotopic (exact) mass is 331 g/mol. The van der Waals surface area contributed by atoms with Crippen molar-refractivity contribution in [2.24, 2.45) is 5.92 Å². The predicted octanol–water partition coefficient (Wildman–Crippen LogP) is 3.79. The van der Waals surface area contributed by atoms with Crippen LogP contribution in [0.15, 0.2) is 24.3 Å². The third kappa shape index (κ3) is 5.17. The predicted molar refractivity (Wildman–Crippen MR) is 95.6 cm³/mol. The number of carbonyl (C=O) groups is 2. The zero-order valence-electron chi connectivity index (χ0n) is 14.8. The molecule has 1 fully saturated rings. The van der Waals surface area contributed by atoms with Crippen molar-refractivity contribution in [2.45, 2.75) is 58.5 Å². The van der Waals surface area contributed by atoms with Crippen LogP contribution in [0.3, 0.4) is 0 Å². The van der Waals surface area contributed by atoms with E-state index in [1.807, 2.05) is 18.2 Å². The highest BCUT2D eigenvalue weighted by Crippen LogP contribution is 2.34. The number of carbonyl (C=O) groups excluding carboxylic acids is 2. The molecule has 2 atom stereocenters. The minimum atomic E-state index is -0.182. The van der Waals surface area contributed by atoms with Gasteiger partial charge in [0.2, 0.25) is 0 Å². The van der Waals surface area contributed by atoms with Gasteiger partial charge in [-0.1, -0.05) is 25.5 Å². The van der Waals surface area contributed by atoms with Gasteiger partial charge in [-0.3, -0.25) is 4.79 Å². The van der Waals surface area contributed by atoms with E-state index in [0.717, 1.165) is 12.8 Å². The molecule has 132 valence electrons. The van der Waals surface area contributed by atoms with Crippen molar-refractivity contribution in [3.8, 4) is 5.75 Å². The fraction of sp³-hybridized carbons (Fsp3) is 0.600. The van der Waals surface area contributed by atoms with E-state index in [-0.39, 0.29) is 23.6 Å². The normalized spacial score (nSPS) is 22.2. The molecule has 0 amide bonds. The van der Waals surface area contributed by atoms with Crippen LogP contribution in [0.5, 0.6) is 5.75 Å². The van der Waals surface area contributed by atoms with Crippen LogP contribution in [0.25, 0.3) is 0 Å². The lowest BCUT2D eigenvalue weighted by Crippen LogP contribution is -2.38. The molecule has 1 aromatic carbocycles. The van der Waals surface area contributed by atoms with Crippen LogP contribution < -0.4 is 10.1 Å². The molecule has 0 bridgehead atoms. The van der Waals surface area contributed by atoms with Gasteiger partial charge in [-0.05, 0) is 57.8 Å². The van der Waals surface area contributed by atoms with Crippen molar-refractivity contribution >= 4 is 11.6 Å². The van der Waals surface area contributed by atoms with Crippen LogP contribution in [0.1, 0.15) is 62.7 Å². The Kier molecular flexibility index (Phi) is 7.44. The molecule has 2 aliphatic heterocycles. The van der Waals surface area contributed by atoms with Crippen LogP contribution in [0.4, 0.5) is 0 Å². The molecular formula is C20H29NO3. The molecule has 2 heterocycles. The second-order valence-electron chi connectivity index (χ2n) is 6.61. The summed E-state index contributed by atoms with van der Waals surface area (Å²) in [5.41, 5.74) is 0.656. The van der Waals surface area contributed by atoms with E-state index < -0.39 is 0 Å². The summed E-state index contributed by atoms with van der Waals surface area (Å²) in [6, 6.07) is 7.38. The minimum absolute atomic E-state index is 0.0910. The lowest BCUT2D eigenvalue weighted by Gasteiger charge is -2.32. The molecule has 4 heteroatoms. The summed E-state index contributed by atoms with van der Waals surface area (Å²) in [5.74, 6) is 0.757. The van der Waals surface area contributed by atoms with E-state index >= 15 is 0 Å². The molecule has 0 spiro atoms. The van der Waals surface area contributed by atoms with Gasteiger partial charge in [0.1, 0.15) is 17.6 Å². The molecule has 1 aromatic rings. The smallest absolute Gasteiger partial charge is 0.173 e. The number of Topliss-reactive ketones (excluding diaryl/α,β-unsaturated/α-hetero) is 2. The Labute approximate surface area is 145 Å². The Morgan fingerprint density at radius 3 is 2.50 bits per heavy atom. The molecule has 1 N–H and O–H groups in total. The fourth-order valence-electron chi connectivity index (χ4n) is 3.23. The number of benzene rings is 1. The van der Waals surface area contributed by atoms with Crippen LogP contribution in [0.2, 0.25) is 0 Å². The average molecular weight is 331 g/mol. The quantitative estimate of drug-likeness (QED) is 0.892. The molecule has 2 unspecified atom stereocenters. The van der Waals surface area contributed by atoms with Crippen LogP contribution in [-0.2, 0) is 4.79 Å². The van der Waals surface area contributed by atoms with Crippen molar-refractivity contribution in [1.82, 2.24) is 5.32 Å². The van der Waals surface area contributed by atoms with Gasteiger partial charge in [0, 0.05) is 6.42 Å². The first-order chi connectivity index (χ1) is 11.6. The first-order valence-corrected chi connectivity index (χ1v) is 9.13. The van der Waals surface area contributed by atoms with Gasteiger partial charge in [0.25, 0.3) is 0 Å². The fourth-order valence-corrected chi connectivity index (χ4v) is 3.23. The van der Waals surface area contributed by atoms with Gasteiger partial charge in [-0.2, -0.15) is 0 Å². The second-order valence-corrected chi connectivity index (χ2v) is 6.61. The van der Waals surface area contributed by atoms with E-state index in [4.69, 9.17) is 4.74 Å². The molecule has 3 rings (SSSR count). The summed E-state index contributed by atoms with van der Waals surface area (Å²) in [5, 5.41) is 3.22. The minimum Gasteiger partial charge on any atom is -0.489 e. The van der Waals surface area contributed by atoms with Crippen molar-refractivity contribution in [1.29, 1.82) is 0 Å². The lowest BCUT2D eigenvalue weighted by molar-refractivity contribution is -0.117. The molecule has 4 nitrogen and oxygen atoms in total. The molecule has 0 aromatic heterocycles. The number of ketones is 2. The molecular weight excluding hydrogens is 302 g/mol. The van der Waals surface area contributed by atoms with Crippen LogP contribution >= 0.6 is 0 Å². The first kappa shape index (κ1) is 18.7. The third-order valence-corrected chi connectivity index (χ3v) is 4.55. The van der Waals surface area contributed by atoms with E-state index in [1.54, 1.807) is 13.0 Å². The van der Waals surface area contributed by atoms with Crippen molar-refractivity contribution in [2.75, 3.05) is 13.1 Å². The van der Waals surface area contributed by atoms with E-state index in [1.165, 1.54) is 25.9 Å². The summed E-state index contributed by atoms with van der Waals surface area (Å²) < 4.78 is 5.96. The summed E-state index contributed by atoms with van der Waals surface area (Å²) in [6.07, 6.45) is 5.54. The number of rotatable bonds is 5. The number of para-hydroxylation sites is 1. The van der Waals surface area contributed by atoms with Crippen molar-refractivity contribution in [3.63, 3.8) is 0 Å². The largest absolute Gasteiger partial charge is 0.489 e. The maximum absolute atomic E-state index is 12.5. The van der Waals surface area contributed by atoms with Crippen molar-refractivity contribution < 1.29 is 14.3 Å². The highest BCUT2D eigenvalue weighted by Gasteiger charge is 2.36. The summed E-state index contributed by atoms with van der Waals surface area (Å²) >= 11 is 0. The van der Waals surface area contributed by atoms with Gasteiger partial charge in [0.05, 0.1) is 11.5 Å². The highest BCUT2D eigenvalue weighted by molar-refractivity contribution is 6.01. The second kappa shape index (κ2) is 9.58. The van der Waals surface area contributed by atoms with Gasteiger partial charge in [-0.15, -0.1) is 0 Å². The SMILES string of the molecule is C1CCNC1.CCCC1Oc2ccccc2C(=O)C1CCC(C)=O. The first-order valence-electron chi connectivity index (χ1n) is 9.13. The molecule has 24 heavy (non-hydrogen) atoms. The van der Waals surface area contributed by atoms with Gasteiger partial charge in [0.15, 0.2) is 5.78 Å². The topological polar surface area (TPSA) is 55.4 Å². The Hall–Kier alpha value is -1.68. The standard InChI is InChI=1S/C16H20O3.C4H9N/c1-3-6-14-13(10-9-11(2)17)16(18)12-7-4-5-8-15(12)19-14;1-2-4-5-3-1/h4-5,7-8,13-14H,3,6,9-10H2,1-2H3;5H,1-4H2. The van der Waals surface area contributed by atoms with E-state index in [0.29, 0.717) is 24.2 Å². The molecule has 1 saturated heterocycles. The van der Waals surface area contributed by atoms with Gasteiger partial charge in [-0.25, -0.2) is 0 Å². The Morgan fingerprint density at radius 1 is 1.21 bits per heavy atom. The maximum atomic E-state index is 12.5. The van der Waals surface area contributed by atoms with Gasteiger partial charge >= 0.3 is 0 Å². The summed E-state index contributed by atoms with van der Waals surface area (Å²) in [4.78, 5) is 23.7. The molecule has 0 saturated carbocycles. The van der Waals surface area contributed by atoms with Crippen LogP contribution in [-0.4, -0.2) is 30.8 Å². The van der Waals surface area contributed by atoms with E-state index in [9.17, 15) is 9.59 Å². The number of nitrogens with one attached hydrogen (secondary N) is 1. The van der Waals surface area contributed by atoms with Crippen molar-refractivity contribution in [3.05, 3.63) is 29.8 Å². The lowest BCUT2D eigenvalue weighted by atomic mass is 9.83.